The predicted octanol–water partition coefficient (Wildman–Crippen LogP) is 1.21. The number of rotatable bonds is 6. The number of hydrogen-bond donors (Lipinski definition) is 0. The molecule has 7 heteroatoms. The van der Waals surface area contributed by atoms with Crippen LogP contribution in [-0.2, 0) is 23.4 Å². The van der Waals surface area contributed by atoms with Crippen molar-refractivity contribution in [3.63, 3.8) is 0 Å². The van der Waals surface area contributed by atoms with Gasteiger partial charge in [0.2, 0.25) is 7.37 Å². The Balaban J connectivity index is 2.89. The molecule has 0 bridgehead atoms. The van der Waals surface area contributed by atoms with Crippen molar-refractivity contribution in [3.05, 3.63) is 30.3 Å². The lowest BCUT2D eigenvalue weighted by molar-refractivity contribution is 0.392. The molecule has 0 N–H and O–H groups in total. The van der Waals surface area contributed by atoms with Gasteiger partial charge in [0.25, 0.3) is 10.1 Å². The standard InChI is InChI=1S/C10H15O5PS/c1-14-16(11,8-9-17(12,13)15-2)10-6-4-3-5-7-10/h3-7H,8-9H2,1-2H3. The van der Waals surface area contributed by atoms with E-state index in [4.69, 9.17) is 4.52 Å². The third-order valence-corrected chi connectivity index (χ3v) is 6.34. The molecule has 0 aliphatic heterocycles. The van der Waals surface area contributed by atoms with E-state index in [-0.39, 0.29) is 11.9 Å². The zero-order chi connectivity index (χ0) is 12.9. The molecule has 0 heterocycles. The molecule has 17 heavy (non-hydrogen) atoms. The molecule has 1 aromatic carbocycles. The molecule has 0 spiro atoms. The van der Waals surface area contributed by atoms with Crippen LogP contribution in [0.5, 0.6) is 0 Å². The van der Waals surface area contributed by atoms with Gasteiger partial charge in [-0.1, -0.05) is 18.2 Å². The van der Waals surface area contributed by atoms with Crippen LogP contribution < -0.4 is 5.30 Å². The number of benzene rings is 1. The Kier molecular flexibility index (Phi) is 4.89. The van der Waals surface area contributed by atoms with Gasteiger partial charge >= 0.3 is 0 Å². The minimum Gasteiger partial charge on any atom is -0.329 e. The van der Waals surface area contributed by atoms with Crippen LogP contribution in [-0.4, -0.2) is 34.6 Å². The molecule has 0 aliphatic carbocycles. The molecule has 0 fully saturated rings. The van der Waals surface area contributed by atoms with Crippen LogP contribution in [0.3, 0.4) is 0 Å². The van der Waals surface area contributed by atoms with Gasteiger partial charge in [-0.05, 0) is 12.1 Å². The molecular weight excluding hydrogens is 263 g/mol. The fourth-order valence-electron chi connectivity index (χ4n) is 1.30. The van der Waals surface area contributed by atoms with E-state index < -0.39 is 17.5 Å². The molecule has 1 rings (SSSR count). The predicted molar refractivity (Wildman–Crippen MR) is 66.4 cm³/mol. The average molecular weight is 278 g/mol. The summed E-state index contributed by atoms with van der Waals surface area (Å²) in [5.74, 6) is -0.330. The lowest BCUT2D eigenvalue weighted by Crippen LogP contribution is -2.17. The summed E-state index contributed by atoms with van der Waals surface area (Å²) in [6.45, 7) is 0. The first kappa shape index (κ1) is 14.4. The van der Waals surface area contributed by atoms with Crippen molar-refractivity contribution in [1.29, 1.82) is 0 Å². The highest BCUT2D eigenvalue weighted by molar-refractivity contribution is 7.87. The summed E-state index contributed by atoms with van der Waals surface area (Å²) in [5.41, 5.74) is 0. The first-order chi connectivity index (χ1) is 7.93. The van der Waals surface area contributed by atoms with E-state index in [1.807, 2.05) is 0 Å². The molecule has 0 aromatic heterocycles. The summed E-state index contributed by atoms with van der Waals surface area (Å²) >= 11 is 0. The molecule has 96 valence electrons. The summed E-state index contributed by atoms with van der Waals surface area (Å²) in [7, 11) is -4.35. The van der Waals surface area contributed by atoms with Crippen molar-refractivity contribution < 1.29 is 21.7 Å². The van der Waals surface area contributed by atoms with Crippen LogP contribution in [0, 0.1) is 0 Å². The van der Waals surface area contributed by atoms with Crippen molar-refractivity contribution in [3.8, 4) is 0 Å². The van der Waals surface area contributed by atoms with Gasteiger partial charge in [0, 0.05) is 18.6 Å². The van der Waals surface area contributed by atoms with Gasteiger partial charge in [-0.15, -0.1) is 0 Å². The van der Waals surface area contributed by atoms with Crippen LogP contribution in [0.1, 0.15) is 0 Å². The van der Waals surface area contributed by atoms with E-state index in [1.54, 1.807) is 30.3 Å². The molecule has 0 saturated heterocycles. The first-order valence-electron chi connectivity index (χ1n) is 4.92. The fraction of sp³-hybridized carbons (Fsp3) is 0.400. The van der Waals surface area contributed by atoms with Crippen LogP contribution in [0.25, 0.3) is 0 Å². The SMILES string of the molecule is COP(=O)(CCS(=O)(=O)OC)c1ccccc1. The van der Waals surface area contributed by atoms with Crippen molar-refractivity contribution in [2.24, 2.45) is 0 Å². The van der Waals surface area contributed by atoms with Crippen LogP contribution in [0.2, 0.25) is 0 Å². The maximum Gasteiger partial charge on any atom is 0.267 e. The zero-order valence-corrected chi connectivity index (χ0v) is 11.4. The quantitative estimate of drug-likeness (QED) is 0.578. The van der Waals surface area contributed by atoms with Gasteiger partial charge in [-0.3, -0.25) is 8.75 Å². The smallest absolute Gasteiger partial charge is 0.267 e. The second kappa shape index (κ2) is 5.78. The Morgan fingerprint density at radius 3 is 2.24 bits per heavy atom. The average Bonchev–Trinajstić information content (AvgIpc) is 2.37. The summed E-state index contributed by atoms with van der Waals surface area (Å²) in [6, 6.07) is 8.56. The molecule has 1 atom stereocenters. The Morgan fingerprint density at radius 2 is 1.76 bits per heavy atom. The lowest BCUT2D eigenvalue weighted by atomic mass is 10.4. The maximum absolute atomic E-state index is 12.4. The second-order valence-electron chi connectivity index (χ2n) is 3.34. The molecular formula is C10H15O5PS. The fourth-order valence-corrected chi connectivity index (χ4v) is 4.60. The maximum atomic E-state index is 12.4. The number of hydrogen-bond acceptors (Lipinski definition) is 5. The highest BCUT2D eigenvalue weighted by Gasteiger charge is 2.26. The van der Waals surface area contributed by atoms with Crippen molar-refractivity contribution in [2.75, 3.05) is 26.1 Å². The van der Waals surface area contributed by atoms with Gasteiger partial charge in [-0.2, -0.15) is 8.42 Å². The molecule has 0 aliphatic rings. The van der Waals surface area contributed by atoms with Crippen molar-refractivity contribution in [1.82, 2.24) is 0 Å². The molecule has 0 amide bonds. The van der Waals surface area contributed by atoms with Gasteiger partial charge < -0.3 is 4.52 Å². The Morgan fingerprint density at radius 1 is 1.18 bits per heavy atom. The minimum atomic E-state index is -3.62. The third kappa shape index (κ3) is 3.92. The Labute approximate surface area is 101 Å². The molecule has 5 nitrogen and oxygen atoms in total. The minimum absolute atomic E-state index is 0.0936. The van der Waals surface area contributed by atoms with E-state index in [0.29, 0.717) is 5.30 Å². The van der Waals surface area contributed by atoms with Crippen LogP contribution in [0.15, 0.2) is 30.3 Å². The van der Waals surface area contributed by atoms with Gasteiger partial charge in [0.15, 0.2) is 0 Å². The molecule has 0 saturated carbocycles. The third-order valence-electron chi connectivity index (χ3n) is 2.33. The van der Waals surface area contributed by atoms with Gasteiger partial charge in [0.05, 0.1) is 12.9 Å². The first-order valence-corrected chi connectivity index (χ1v) is 8.31. The lowest BCUT2D eigenvalue weighted by Gasteiger charge is -2.15. The second-order valence-corrected chi connectivity index (χ2v) is 7.88. The monoisotopic (exact) mass is 278 g/mol. The summed E-state index contributed by atoms with van der Waals surface area (Å²) in [6.07, 6.45) is -0.0936. The van der Waals surface area contributed by atoms with E-state index in [0.717, 1.165) is 7.11 Å². The largest absolute Gasteiger partial charge is 0.329 e. The molecule has 0 radical (unpaired) electrons. The summed E-state index contributed by atoms with van der Waals surface area (Å²) in [4.78, 5) is 0. The summed E-state index contributed by atoms with van der Waals surface area (Å²) < 4.78 is 44.1. The topological polar surface area (TPSA) is 69.7 Å². The van der Waals surface area contributed by atoms with Crippen LogP contribution >= 0.6 is 7.37 Å². The zero-order valence-electron chi connectivity index (χ0n) is 9.70. The highest BCUT2D eigenvalue weighted by Crippen LogP contribution is 2.44. The van der Waals surface area contributed by atoms with Gasteiger partial charge in [-0.25, -0.2) is 0 Å². The van der Waals surface area contributed by atoms with Crippen molar-refractivity contribution in [2.45, 2.75) is 0 Å². The summed E-state index contributed by atoms with van der Waals surface area (Å²) in [5, 5.41) is 0.508. The van der Waals surface area contributed by atoms with Gasteiger partial charge in [0.1, 0.15) is 0 Å². The highest BCUT2D eigenvalue weighted by atomic mass is 32.2. The van der Waals surface area contributed by atoms with E-state index in [1.165, 1.54) is 7.11 Å². The van der Waals surface area contributed by atoms with Crippen LogP contribution in [0.4, 0.5) is 0 Å². The van der Waals surface area contributed by atoms with E-state index in [2.05, 4.69) is 4.18 Å². The van der Waals surface area contributed by atoms with E-state index >= 15 is 0 Å². The molecule has 1 aromatic rings. The van der Waals surface area contributed by atoms with E-state index in [9.17, 15) is 13.0 Å². The Bertz CT molecular complexity index is 497. The molecule has 1 unspecified atom stereocenters. The Hall–Kier alpha value is -0.680. The normalized spacial score (nSPS) is 15.4. The van der Waals surface area contributed by atoms with Crippen molar-refractivity contribution >= 4 is 22.8 Å².